The molecular weight excluding hydrogens is 200 g/mol. The van der Waals surface area contributed by atoms with Crippen LogP contribution in [0.25, 0.3) is 0 Å². The van der Waals surface area contributed by atoms with E-state index in [0.29, 0.717) is 6.07 Å². The summed E-state index contributed by atoms with van der Waals surface area (Å²) in [5.41, 5.74) is -1.02. The normalized spacial score (nSPS) is 11.5. The van der Waals surface area contributed by atoms with Crippen molar-refractivity contribution in [3.05, 3.63) is 29.6 Å². The van der Waals surface area contributed by atoms with Gasteiger partial charge < -0.3 is 4.74 Å². The fourth-order valence-corrected chi connectivity index (χ4v) is 0.950. The molecule has 78 valence electrons. The molecule has 1 aromatic rings. The Morgan fingerprint density at radius 2 is 1.93 bits per heavy atom. The van der Waals surface area contributed by atoms with E-state index in [4.69, 9.17) is 4.74 Å². The van der Waals surface area contributed by atoms with Crippen LogP contribution in [0.1, 0.15) is 12.5 Å². The van der Waals surface area contributed by atoms with Crippen LogP contribution in [0.15, 0.2) is 18.2 Å². The van der Waals surface area contributed by atoms with Gasteiger partial charge in [0.1, 0.15) is 0 Å². The summed E-state index contributed by atoms with van der Waals surface area (Å²) >= 11 is 0. The Kier molecular flexibility index (Phi) is 2.98. The van der Waals surface area contributed by atoms with Crippen molar-refractivity contribution in [2.24, 2.45) is 0 Å². The third-order valence-corrected chi connectivity index (χ3v) is 1.56. The van der Waals surface area contributed by atoms with Gasteiger partial charge in [-0.2, -0.15) is 13.2 Å². The highest BCUT2D eigenvalue weighted by Gasteiger charge is 2.31. The molecule has 0 bridgehead atoms. The van der Waals surface area contributed by atoms with E-state index < -0.39 is 17.6 Å². The zero-order valence-corrected chi connectivity index (χ0v) is 7.36. The quantitative estimate of drug-likeness (QED) is 0.678. The van der Waals surface area contributed by atoms with Crippen LogP contribution in [0, 0.1) is 5.82 Å². The Hall–Kier alpha value is -1.26. The molecule has 1 rings (SSSR count). The standard InChI is InChI=1S/C9H8F4O/c1-2-14-8-4-3-6(5-7(8)10)9(11,12)13/h3-5H,2H2,1H3. The van der Waals surface area contributed by atoms with Crippen LogP contribution < -0.4 is 4.74 Å². The van der Waals surface area contributed by atoms with E-state index in [1.54, 1.807) is 6.92 Å². The van der Waals surface area contributed by atoms with Crippen LogP contribution >= 0.6 is 0 Å². The minimum absolute atomic E-state index is 0.166. The minimum Gasteiger partial charge on any atom is -0.491 e. The summed E-state index contributed by atoms with van der Waals surface area (Å²) in [5, 5.41) is 0. The number of hydrogen-bond donors (Lipinski definition) is 0. The van der Waals surface area contributed by atoms with Crippen molar-refractivity contribution in [1.29, 1.82) is 0 Å². The molecule has 0 amide bonds. The molecule has 0 unspecified atom stereocenters. The summed E-state index contributed by atoms with van der Waals surface area (Å²) in [6.07, 6.45) is -4.52. The first-order chi connectivity index (χ1) is 6.45. The van der Waals surface area contributed by atoms with Gasteiger partial charge in [0.05, 0.1) is 12.2 Å². The van der Waals surface area contributed by atoms with Crippen LogP contribution in [-0.2, 0) is 6.18 Å². The fourth-order valence-electron chi connectivity index (χ4n) is 0.950. The van der Waals surface area contributed by atoms with Crippen molar-refractivity contribution < 1.29 is 22.3 Å². The van der Waals surface area contributed by atoms with Crippen LogP contribution in [0.4, 0.5) is 17.6 Å². The molecule has 0 N–H and O–H groups in total. The van der Waals surface area contributed by atoms with E-state index in [-0.39, 0.29) is 12.4 Å². The zero-order chi connectivity index (χ0) is 10.8. The molecule has 0 radical (unpaired) electrons. The highest BCUT2D eigenvalue weighted by molar-refractivity contribution is 5.30. The average molecular weight is 208 g/mol. The predicted octanol–water partition coefficient (Wildman–Crippen LogP) is 3.24. The second-order valence-electron chi connectivity index (χ2n) is 2.58. The smallest absolute Gasteiger partial charge is 0.416 e. The van der Waals surface area contributed by atoms with Crippen molar-refractivity contribution in [1.82, 2.24) is 0 Å². The van der Waals surface area contributed by atoms with Crippen molar-refractivity contribution >= 4 is 0 Å². The molecule has 0 saturated carbocycles. The lowest BCUT2D eigenvalue weighted by Crippen LogP contribution is -2.06. The van der Waals surface area contributed by atoms with Crippen LogP contribution in [-0.4, -0.2) is 6.61 Å². The lowest BCUT2D eigenvalue weighted by Gasteiger charge is -2.09. The van der Waals surface area contributed by atoms with E-state index in [1.807, 2.05) is 0 Å². The van der Waals surface area contributed by atoms with Gasteiger partial charge in [0.2, 0.25) is 0 Å². The molecule has 0 atom stereocenters. The van der Waals surface area contributed by atoms with E-state index in [9.17, 15) is 17.6 Å². The monoisotopic (exact) mass is 208 g/mol. The first-order valence-electron chi connectivity index (χ1n) is 3.94. The SMILES string of the molecule is CCOc1ccc(C(F)(F)F)cc1F. The summed E-state index contributed by atoms with van der Waals surface area (Å²) in [6, 6.07) is 2.18. The number of halogens is 4. The summed E-state index contributed by atoms with van der Waals surface area (Å²) in [7, 11) is 0. The third kappa shape index (κ3) is 2.37. The molecular formula is C9H8F4O. The van der Waals surface area contributed by atoms with Gasteiger partial charge in [0.25, 0.3) is 0 Å². The Morgan fingerprint density at radius 3 is 2.36 bits per heavy atom. The summed E-state index contributed by atoms with van der Waals surface area (Å²) in [4.78, 5) is 0. The molecule has 0 aliphatic heterocycles. The highest BCUT2D eigenvalue weighted by atomic mass is 19.4. The largest absolute Gasteiger partial charge is 0.491 e. The Bertz CT molecular complexity index is 319. The Labute approximate surface area is 78.3 Å². The van der Waals surface area contributed by atoms with Gasteiger partial charge in [-0.25, -0.2) is 4.39 Å². The first kappa shape index (κ1) is 10.8. The van der Waals surface area contributed by atoms with Crippen molar-refractivity contribution in [2.75, 3.05) is 6.61 Å². The molecule has 5 heteroatoms. The van der Waals surface area contributed by atoms with Gasteiger partial charge in [-0.3, -0.25) is 0 Å². The summed E-state index contributed by atoms with van der Waals surface area (Å²) in [6.45, 7) is 1.83. The number of rotatable bonds is 2. The molecule has 0 aromatic heterocycles. The third-order valence-electron chi connectivity index (χ3n) is 1.56. The van der Waals surface area contributed by atoms with Crippen LogP contribution in [0.3, 0.4) is 0 Å². The highest BCUT2D eigenvalue weighted by Crippen LogP contribution is 2.31. The van der Waals surface area contributed by atoms with E-state index in [0.717, 1.165) is 12.1 Å². The molecule has 0 spiro atoms. The number of ether oxygens (including phenoxy) is 1. The predicted molar refractivity (Wildman–Crippen MR) is 42.6 cm³/mol. The van der Waals surface area contributed by atoms with Gasteiger partial charge in [-0.05, 0) is 25.1 Å². The summed E-state index contributed by atoms with van der Waals surface area (Å²) in [5.74, 6) is -1.16. The van der Waals surface area contributed by atoms with Gasteiger partial charge >= 0.3 is 6.18 Å². The van der Waals surface area contributed by atoms with E-state index >= 15 is 0 Å². The van der Waals surface area contributed by atoms with E-state index in [1.165, 1.54) is 0 Å². The number of alkyl halides is 3. The molecule has 0 aliphatic carbocycles. The van der Waals surface area contributed by atoms with Gasteiger partial charge in [-0.1, -0.05) is 0 Å². The lowest BCUT2D eigenvalue weighted by molar-refractivity contribution is -0.137. The Balaban J connectivity index is 3.01. The molecule has 0 saturated heterocycles. The van der Waals surface area contributed by atoms with Gasteiger partial charge in [0, 0.05) is 0 Å². The fraction of sp³-hybridized carbons (Fsp3) is 0.333. The van der Waals surface area contributed by atoms with Crippen LogP contribution in [0.2, 0.25) is 0 Å². The molecule has 1 nitrogen and oxygen atoms in total. The second kappa shape index (κ2) is 3.86. The molecule has 1 aromatic carbocycles. The maximum Gasteiger partial charge on any atom is 0.416 e. The average Bonchev–Trinajstić information content (AvgIpc) is 2.07. The minimum atomic E-state index is -4.52. The Morgan fingerprint density at radius 1 is 1.29 bits per heavy atom. The van der Waals surface area contributed by atoms with Crippen molar-refractivity contribution in [3.63, 3.8) is 0 Å². The molecule has 0 fully saturated rings. The van der Waals surface area contributed by atoms with Gasteiger partial charge in [-0.15, -0.1) is 0 Å². The maximum absolute atomic E-state index is 12.9. The topological polar surface area (TPSA) is 9.23 Å². The maximum atomic E-state index is 12.9. The van der Waals surface area contributed by atoms with Crippen molar-refractivity contribution in [3.8, 4) is 5.75 Å². The molecule has 14 heavy (non-hydrogen) atoms. The second-order valence-corrected chi connectivity index (χ2v) is 2.58. The van der Waals surface area contributed by atoms with Crippen LogP contribution in [0.5, 0.6) is 5.75 Å². The first-order valence-corrected chi connectivity index (χ1v) is 3.94. The molecule has 0 aliphatic rings. The molecule has 0 heterocycles. The summed E-state index contributed by atoms with van der Waals surface area (Å²) < 4.78 is 53.9. The van der Waals surface area contributed by atoms with Gasteiger partial charge in [0.15, 0.2) is 11.6 Å². The number of hydrogen-bond acceptors (Lipinski definition) is 1. The number of benzene rings is 1. The zero-order valence-electron chi connectivity index (χ0n) is 7.36. The van der Waals surface area contributed by atoms with E-state index in [2.05, 4.69) is 0 Å². The lowest BCUT2D eigenvalue weighted by atomic mass is 10.2. The van der Waals surface area contributed by atoms with Crippen molar-refractivity contribution in [2.45, 2.75) is 13.1 Å².